The molecule has 2 N–H and O–H groups in total. The minimum absolute atomic E-state index is 0.0246. The second-order valence-corrected chi connectivity index (χ2v) is 7.01. The fourth-order valence-corrected chi connectivity index (χ4v) is 3.98. The second-order valence-electron chi connectivity index (χ2n) is 5.15. The maximum atomic E-state index is 12.8. The molecule has 0 spiro atoms. The zero-order valence-corrected chi connectivity index (χ0v) is 12.5. The number of nitrogen functional groups attached to an aromatic ring is 1. The Morgan fingerprint density at radius 1 is 1.43 bits per heavy atom. The van der Waals surface area contributed by atoms with Crippen LogP contribution in [0, 0.1) is 0 Å². The van der Waals surface area contributed by atoms with E-state index in [-0.39, 0.29) is 23.3 Å². The highest BCUT2D eigenvalue weighted by atomic mass is 32.2. The molecule has 0 amide bonds. The fourth-order valence-electron chi connectivity index (χ4n) is 2.23. The van der Waals surface area contributed by atoms with Crippen LogP contribution in [0.2, 0.25) is 0 Å². The van der Waals surface area contributed by atoms with E-state index in [2.05, 4.69) is 10.1 Å². The summed E-state index contributed by atoms with van der Waals surface area (Å²) >= 11 is 0. The van der Waals surface area contributed by atoms with Gasteiger partial charge in [-0.15, -0.1) is 0 Å². The molecule has 3 rings (SSSR count). The second kappa shape index (κ2) is 5.12. The summed E-state index contributed by atoms with van der Waals surface area (Å²) in [5, 5.41) is 3.92. The molecule has 0 unspecified atom stereocenters. The topological polar surface area (TPSA) is 94.1 Å². The van der Waals surface area contributed by atoms with Crippen molar-refractivity contribution < 1.29 is 8.42 Å². The number of nitrogens with two attached hydrogens (primary N) is 1. The molecule has 0 aliphatic heterocycles. The van der Waals surface area contributed by atoms with Crippen LogP contribution < -0.4 is 5.73 Å². The van der Waals surface area contributed by atoms with E-state index in [1.807, 2.05) is 12.1 Å². The summed E-state index contributed by atoms with van der Waals surface area (Å²) < 4.78 is 28.5. The highest BCUT2D eigenvalue weighted by Crippen LogP contribution is 2.34. The first-order valence-electron chi connectivity index (χ1n) is 6.69. The van der Waals surface area contributed by atoms with Gasteiger partial charge in [0.25, 0.3) is 0 Å². The van der Waals surface area contributed by atoms with Crippen molar-refractivity contribution >= 4 is 15.8 Å². The summed E-state index contributed by atoms with van der Waals surface area (Å²) in [4.78, 5) is 4.27. The van der Waals surface area contributed by atoms with Crippen LogP contribution in [0.5, 0.6) is 0 Å². The van der Waals surface area contributed by atoms with E-state index in [9.17, 15) is 8.42 Å². The molecule has 112 valence electrons. The summed E-state index contributed by atoms with van der Waals surface area (Å²) in [6, 6.07) is 5.49. The van der Waals surface area contributed by atoms with Crippen LogP contribution in [0.1, 0.15) is 18.5 Å². The quantitative estimate of drug-likeness (QED) is 0.879. The van der Waals surface area contributed by atoms with E-state index in [0.29, 0.717) is 0 Å². The van der Waals surface area contributed by atoms with Crippen LogP contribution in [-0.4, -0.2) is 33.5 Å². The van der Waals surface area contributed by atoms with Gasteiger partial charge in [-0.3, -0.25) is 9.67 Å². The molecule has 1 fully saturated rings. The lowest BCUT2D eigenvalue weighted by atomic mass is 10.3. The molecule has 0 radical (unpaired) electrons. The van der Waals surface area contributed by atoms with Crippen LogP contribution in [0.25, 0.3) is 0 Å². The highest BCUT2D eigenvalue weighted by Gasteiger charge is 2.39. The summed E-state index contributed by atoms with van der Waals surface area (Å²) in [7, 11) is -2.01. The molecule has 7 nitrogen and oxygen atoms in total. The molecule has 0 saturated heterocycles. The van der Waals surface area contributed by atoms with Crippen LogP contribution >= 0.6 is 0 Å². The smallest absolute Gasteiger partial charge is 0.248 e. The normalized spacial score (nSPS) is 15.5. The van der Waals surface area contributed by atoms with Crippen molar-refractivity contribution in [2.75, 3.05) is 5.73 Å². The van der Waals surface area contributed by atoms with Gasteiger partial charge in [-0.1, -0.05) is 6.07 Å². The van der Waals surface area contributed by atoms with E-state index in [1.54, 1.807) is 19.3 Å². The Hall–Kier alpha value is -1.93. The monoisotopic (exact) mass is 307 g/mol. The summed E-state index contributed by atoms with van der Waals surface area (Å²) in [6.45, 7) is 0.252. The lowest BCUT2D eigenvalue weighted by Crippen LogP contribution is -2.33. The number of sulfonamides is 1. The zero-order chi connectivity index (χ0) is 15.0. The molecular weight excluding hydrogens is 290 g/mol. The Morgan fingerprint density at radius 3 is 2.71 bits per heavy atom. The highest BCUT2D eigenvalue weighted by molar-refractivity contribution is 7.89. The maximum Gasteiger partial charge on any atom is 0.248 e. The van der Waals surface area contributed by atoms with E-state index < -0.39 is 10.0 Å². The third-order valence-electron chi connectivity index (χ3n) is 3.41. The van der Waals surface area contributed by atoms with Crippen molar-refractivity contribution in [3.05, 3.63) is 36.3 Å². The average Bonchev–Trinajstić information content (AvgIpc) is 3.21. The molecule has 8 heteroatoms. The van der Waals surface area contributed by atoms with Gasteiger partial charge in [-0.2, -0.15) is 9.40 Å². The lowest BCUT2D eigenvalue weighted by molar-refractivity contribution is 0.394. The number of anilines is 1. The van der Waals surface area contributed by atoms with Gasteiger partial charge >= 0.3 is 0 Å². The van der Waals surface area contributed by atoms with Gasteiger partial charge in [-0.25, -0.2) is 8.42 Å². The van der Waals surface area contributed by atoms with Crippen LogP contribution in [0.3, 0.4) is 0 Å². The lowest BCUT2D eigenvalue weighted by Gasteiger charge is -2.20. The minimum Gasteiger partial charge on any atom is -0.381 e. The van der Waals surface area contributed by atoms with Crippen molar-refractivity contribution in [1.29, 1.82) is 0 Å². The molecule has 2 aromatic heterocycles. The molecule has 1 aliphatic rings. The van der Waals surface area contributed by atoms with Gasteiger partial charge < -0.3 is 5.73 Å². The predicted molar refractivity (Wildman–Crippen MR) is 77.6 cm³/mol. The summed E-state index contributed by atoms with van der Waals surface area (Å²) in [5.74, 6) is 0.0316. The van der Waals surface area contributed by atoms with Gasteiger partial charge in [0.2, 0.25) is 10.0 Å². The fraction of sp³-hybridized carbons (Fsp3) is 0.385. The third kappa shape index (κ3) is 2.77. The van der Waals surface area contributed by atoms with Crippen molar-refractivity contribution in [3.63, 3.8) is 0 Å². The molecule has 2 heterocycles. The Balaban J connectivity index is 1.95. The number of hydrogen-bond donors (Lipinski definition) is 1. The number of nitrogens with zero attached hydrogens (tertiary/aromatic N) is 4. The molecule has 21 heavy (non-hydrogen) atoms. The largest absolute Gasteiger partial charge is 0.381 e. The van der Waals surface area contributed by atoms with E-state index in [4.69, 9.17) is 5.73 Å². The van der Waals surface area contributed by atoms with Gasteiger partial charge in [0.05, 0.1) is 12.2 Å². The van der Waals surface area contributed by atoms with Gasteiger partial charge in [0, 0.05) is 25.5 Å². The van der Waals surface area contributed by atoms with Gasteiger partial charge in [-0.05, 0) is 25.0 Å². The summed E-state index contributed by atoms with van der Waals surface area (Å²) in [6.07, 6.45) is 4.84. The molecule has 1 saturated carbocycles. The van der Waals surface area contributed by atoms with Gasteiger partial charge in [0.15, 0.2) is 5.82 Å². The molecule has 0 atom stereocenters. The van der Waals surface area contributed by atoms with Crippen molar-refractivity contribution in [3.8, 4) is 0 Å². The molecule has 1 aliphatic carbocycles. The molecular formula is C13H17N5O2S. The Labute approximate surface area is 123 Å². The first kappa shape index (κ1) is 14.0. The number of hydrogen-bond acceptors (Lipinski definition) is 5. The average molecular weight is 307 g/mol. The first-order valence-corrected chi connectivity index (χ1v) is 8.13. The number of aryl methyl sites for hydroxylation is 1. The van der Waals surface area contributed by atoms with Crippen LogP contribution in [0.15, 0.2) is 35.5 Å². The number of aromatic nitrogens is 3. The van der Waals surface area contributed by atoms with Gasteiger partial charge in [0.1, 0.15) is 4.90 Å². The standard InChI is InChI=1S/C13H17N5O2S/c1-17-9-12(13(14)16-17)21(19,20)18(11-5-6-11)8-10-4-2-3-7-15-10/h2-4,7,9,11H,5-6,8H2,1H3,(H2,14,16). The minimum atomic E-state index is -3.66. The van der Waals surface area contributed by atoms with Crippen LogP contribution in [0.4, 0.5) is 5.82 Å². The van der Waals surface area contributed by atoms with Crippen molar-refractivity contribution in [2.24, 2.45) is 7.05 Å². The Bertz CT molecular complexity index is 737. The van der Waals surface area contributed by atoms with Crippen LogP contribution in [-0.2, 0) is 23.6 Å². The SMILES string of the molecule is Cn1cc(S(=O)(=O)N(Cc2ccccn2)C2CC2)c(N)n1. The maximum absolute atomic E-state index is 12.8. The van der Waals surface area contributed by atoms with E-state index in [1.165, 1.54) is 15.2 Å². The molecule has 0 bridgehead atoms. The Morgan fingerprint density at radius 2 is 2.19 bits per heavy atom. The predicted octanol–water partition coefficient (Wildman–Crippen LogP) is 0.751. The van der Waals surface area contributed by atoms with Crippen molar-refractivity contribution in [2.45, 2.75) is 30.3 Å². The Kier molecular flexibility index (Phi) is 3.42. The number of pyridine rings is 1. The summed E-state index contributed by atoms with van der Waals surface area (Å²) in [5.41, 5.74) is 6.44. The molecule has 2 aromatic rings. The zero-order valence-electron chi connectivity index (χ0n) is 11.7. The van der Waals surface area contributed by atoms with E-state index >= 15 is 0 Å². The van der Waals surface area contributed by atoms with Crippen molar-refractivity contribution in [1.82, 2.24) is 19.1 Å². The number of rotatable bonds is 5. The van der Waals surface area contributed by atoms with E-state index in [0.717, 1.165) is 18.5 Å². The molecule has 0 aromatic carbocycles. The third-order valence-corrected chi connectivity index (χ3v) is 5.32. The first-order chi connectivity index (χ1) is 9.98.